The zero-order valence-electron chi connectivity index (χ0n) is 12.2. The van der Waals surface area contributed by atoms with E-state index in [1.807, 2.05) is 0 Å². The molecular weight excluding hydrogens is 210 g/mol. The lowest BCUT2D eigenvalue weighted by Gasteiger charge is -2.30. The summed E-state index contributed by atoms with van der Waals surface area (Å²) in [6.45, 7) is 11.2. The third kappa shape index (κ3) is 6.42. The monoisotopic (exact) mass is 241 g/mol. The molecule has 0 radical (unpaired) electrons. The Morgan fingerprint density at radius 2 is 1.76 bits per heavy atom. The van der Waals surface area contributed by atoms with Gasteiger partial charge in [0.15, 0.2) is 0 Å². The Hall–Kier alpha value is -0.0800. The molecule has 1 fully saturated rings. The van der Waals surface area contributed by atoms with Gasteiger partial charge in [-0.1, -0.05) is 27.7 Å². The van der Waals surface area contributed by atoms with Crippen LogP contribution in [0.4, 0.5) is 0 Å². The van der Waals surface area contributed by atoms with Crippen LogP contribution in [0.1, 0.15) is 59.8 Å². The van der Waals surface area contributed by atoms with Crippen molar-refractivity contribution < 1.29 is 4.74 Å². The average molecular weight is 241 g/mol. The van der Waals surface area contributed by atoms with Gasteiger partial charge in [-0.2, -0.15) is 0 Å². The van der Waals surface area contributed by atoms with Crippen LogP contribution in [-0.4, -0.2) is 25.3 Å². The van der Waals surface area contributed by atoms with Crippen molar-refractivity contribution in [3.8, 4) is 0 Å². The highest BCUT2D eigenvalue weighted by molar-refractivity contribution is 4.72. The fraction of sp³-hybridized carbons (Fsp3) is 1.00. The third-order valence-electron chi connectivity index (χ3n) is 3.73. The summed E-state index contributed by atoms with van der Waals surface area (Å²) < 4.78 is 6.21. The molecule has 102 valence electrons. The maximum Gasteiger partial charge on any atom is 0.0700 e. The molecule has 0 amide bonds. The van der Waals surface area contributed by atoms with Gasteiger partial charge >= 0.3 is 0 Å². The molecule has 1 aliphatic carbocycles. The zero-order valence-corrected chi connectivity index (χ0v) is 12.2. The minimum atomic E-state index is 0.409. The molecule has 1 atom stereocenters. The van der Waals surface area contributed by atoms with Gasteiger partial charge in [-0.15, -0.1) is 0 Å². The normalized spacial score (nSPS) is 27.4. The van der Waals surface area contributed by atoms with E-state index in [0.29, 0.717) is 12.2 Å². The van der Waals surface area contributed by atoms with Crippen molar-refractivity contribution in [1.29, 1.82) is 0 Å². The number of nitrogens with one attached hydrogen (secondary N) is 1. The van der Waals surface area contributed by atoms with Crippen LogP contribution < -0.4 is 5.32 Å². The first-order chi connectivity index (χ1) is 8.11. The van der Waals surface area contributed by atoms with Gasteiger partial charge in [0.2, 0.25) is 0 Å². The minimum absolute atomic E-state index is 0.409. The van der Waals surface area contributed by atoms with E-state index in [1.54, 1.807) is 0 Å². The van der Waals surface area contributed by atoms with E-state index < -0.39 is 0 Å². The summed E-state index contributed by atoms with van der Waals surface area (Å²) in [7, 11) is 0. The van der Waals surface area contributed by atoms with Gasteiger partial charge in [0.25, 0.3) is 0 Å². The summed E-state index contributed by atoms with van der Waals surface area (Å²) >= 11 is 0. The van der Waals surface area contributed by atoms with Crippen LogP contribution in [0.2, 0.25) is 0 Å². The molecule has 2 heteroatoms. The van der Waals surface area contributed by atoms with E-state index in [4.69, 9.17) is 4.74 Å². The fourth-order valence-electron chi connectivity index (χ4n) is 2.46. The molecule has 0 heterocycles. The molecule has 0 saturated heterocycles. The van der Waals surface area contributed by atoms with Crippen LogP contribution in [0.3, 0.4) is 0 Å². The highest BCUT2D eigenvalue weighted by atomic mass is 16.5. The fourth-order valence-corrected chi connectivity index (χ4v) is 2.46. The Kier molecular flexibility index (Phi) is 7.14. The molecular formula is C15H31NO. The Balaban J connectivity index is 2.17. The molecule has 0 aliphatic heterocycles. The summed E-state index contributed by atoms with van der Waals surface area (Å²) in [6.07, 6.45) is 7.28. The van der Waals surface area contributed by atoms with Crippen LogP contribution >= 0.6 is 0 Å². The molecule has 1 aliphatic rings. The molecule has 1 rings (SSSR count). The van der Waals surface area contributed by atoms with Crippen LogP contribution in [0, 0.1) is 11.8 Å². The lowest BCUT2D eigenvalue weighted by Crippen LogP contribution is -2.35. The van der Waals surface area contributed by atoms with Crippen molar-refractivity contribution in [3.05, 3.63) is 0 Å². The highest BCUT2D eigenvalue weighted by Crippen LogP contribution is 2.26. The molecule has 1 saturated carbocycles. The molecule has 0 aromatic heterocycles. The largest absolute Gasteiger partial charge is 0.374 e. The van der Waals surface area contributed by atoms with Gasteiger partial charge in [-0.3, -0.25) is 0 Å². The number of ether oxygens (including phenoxy) is 1. The lowest BCUT2D eigenvalue weighted by molar-refractivity contribution is -0.0359. The van der Waals surface area contributed by atoms with E-state index >= 15 is 0 Å². The van der Waals surface area contributed by atoms with Crippen molar-refractivity contribution in [1.82, 2.24) is 5.32 Å². The predicted octanol–water partition coefficient (Wildman–Crippen LogP) is 3.61. The molecule has 2 nitrogen and oxygen atoms in total. The lowest BCUT2D eigenvalue weighted by atomic mass is 9.89. The van der Waals surface area contributed by atoms with E-state index in [-0.39, 0.29) is 0 Å². The van der Waals surface area contributed by atoms with Crippen molar-refractivity contribution in [3.63, 3.8) is 0 Å². The standard InChI is InChI=1S/C15H31NO/c1-5-14(11-16-10-12(2)3)17-15-8-6-13(4)7-9-15/h12-16H,5-11H2,1-4H3. The first kappa shape index (κ1) is 15.0. The SMILES string of the molecule is CCC(CNCC(C)C)OC1CCC(C)CC1. The summed E-state index contributed by atoms with van der Waals surface area (Å²) in [5.74, 6) is 1.64. The van der Waals surface area contributed by atoms with E-state index in [2.05, 4.69) is 33.0 Å². The van der Waals surface area contributed by atoms with Gasteiger partial charge in [-0.05, 0) is 50.5 Å². The second-order valence-electron chi connectivity index (χ2n) is 6.10. The van der Waals surface area contributed by atoms with E-state index in [1.165, 1.54) is 25.7 Å². The van der Waals surface area contributed by atoms with Gasteiger partial charge in [-0.25, -0.2) is 0 Å². The van der Waals surface area contributed by atoms with Gasteiger partial charge < -0.3 is 10.1 Å². The van der Waals surface area contributed by atoms with Gasteiger partial charge in [0.05, 0.1) is 12.2 Å². The highest BCUT2D eigenvalue weighted by Gasteiger charge is 2.21. The predicted molar refractivity (Wildman–Crippen MR) is 74.3 cm³/mol. The molecule has 17 heavy (non-hydrogen) atoms. The Bertz CT molecular complexity index is 185. The van der Waals surface area contributed by atoms with Gasteiger partial charge in [0.1, 0.15) is 0 Å². The maximum absolute atomic E-state index is 6.21. The Labute approximate surface area is 108 Å². The van der Waals surface area contributed by atoms with Crippen molar-refractivity contribution in [2.24, 2.45) is 11.8 Å². The van der Waals surface area contributed by atoms with Crippen LogP contribution in [0.25, 0.3) is 0 Å². The summed E-state index contributed by atoms with van der Waals surface area (Å²) in [4.78, 5) is 0. The Morgan fingerprint density at radius 1 is 1.12 bits per heavy atom. The number of hydrogen-bond donors (Lipinski definition) is 1. The quantitative estimate of drug-likeness (QED) is 0.735. The van der Waals surface area contributed by atoms with Crippen LogP contribution in [0.15, 0.2) is 0 Å². The second-order valence-corrected chi connectivity index (χ2v) is 6.10. The summed E-state index contributed by atoms with van der Waals surface area (Å²) in [5.41, 5.74) is 0. The molecule has 0 bridgehead atoms. The maximum atomic E-state index is 6.21. The first-order valence-corrected chi connectivity index (χ1v) is 7.48. The third-order valence-corrected chi connectivity index (χ3v) is 3.73. The Morgan fingerprint density at radius 3 is 2.29 bits per heavy atom. The first-order valence-electron chi connectivity index (χ1n) is 7.48. The average Bonchev–Trinajstić information content (AvgIpc) is 2.30. The van der Waals surface area contributed by atoms with Crippen molar-refractivity contribution >= 4 is 0 Å². The molecule has 0 aromatic carbocycles. The van der Waals surface area contributed by atoms with Crippen molar-refractivity contribution in [2.75, 3.05) is 13.1 Å². The second kappa shape index (κ2) is 8.10. The smallest absolute Gasteiger partial charge is 0.0700 e. The molecule has 1 N–H and O–H groups in total. The molecule has 1 unspecified atom stereocenters. The number of rotatable bonds is 7. The van der Waals surface area contributed by atoms with E-state index in [9.17, 15) is 0 Å². The number of hydrogen-bond acceptors (Lipinski definition) is 2. The summed E-state index contributed by atoms with van der Waals surface area (Å²) in [5, 5.41) is 3.51. The molecule has 0 spiro atoms. The van der Waals surface area contributed by atoms with Crippen LogP contribution in [0.5, 0.6) is 0 Å². The van der Waals surface area contributed by atoms with Crippen molar-refractivity contribution in [2.45, 2.75) is 72.0 Å². The minimum Gasteiger partial charge on any atom is -0.374 e. The van der Waals surface area contributed by atoms with Crippen LogP contribution in [-0.2, 0) is 4.74 Å². The molecule has 0 aromatic rings. The van der Waals surface area contributed by atoms with E-state index in [0.717, 1.165) is 31.3 Å². The topological polar surface area (TPSA) is 21.3 Å². The zero-order chi connectivity index (χ0) is 12.7. The summed E-state index contributed by atoms with van der Waals surface area (Å²) in [6, 6.07) is 0. The van der Waals surface area contributed by atoms with Gasteiger partial charge in [0, 0.05) is 6.54 Å².